The first kappa shape index (κ1) is 13.6. The van der Waals surface area contributed by atoms with Crippen LogP contribution < -0.4 is 15.2 Å². The molecule has 0 aliphatic rings. The minimum atomic E-state index is 0.0116. The molecule has 1 aromatic carbocycles. The van der Waals surface area contributed by atoms with Crippen LogP contribution in [0.4, 0.5) is 0 Å². The van der Waals surface area contributed by atoms with E-state index in [0.717, 1.165) is 29.9 Å². The second-order valence-electron chi connectivity index (χ2n) is 3.82. The van der Waals surface area contributed by atoms with Crippen LogP contribution in [0.5, 0.6) is 11.5 Å². The molecule has 0 unspecified atom stereocenters. The molecule has 3 heteroatoms. The highest BCUT2D eigenvalue weighted by Gasteiger charge is 2.10. The van der Waals surface area contributed by atoms with Crippen LogP contribution >= 0.6 is 0 Å². The fourth-order valence-electron chi connectivity index (χ4n) is 1.65. The standard InChI is InChI=1S/C14H21NO2/c1-4-6-7-12(15)11-8-9-13(17-5-2)14(10-11)16-3/h4,8-10,12H,1,5-7,15H2,2-3H3/t12-/m0/s1. The Morgan fingerprint density at radius 2 is 2.18 bits per heavy atom. The lowest BCUT2D eigenvalue weighted by molar-refractivity contribution is 0.310. The summed E-state index contributed by atoms with van der Waals surface area (Å²) in [6, 6.07) is 5.85. The SMILES string of the molecule is C=CCC[C@H](N)c1ccc(OCC)c(OC)c1. The lowest BCUT2D eigenvalue weighted by atomic mass is 10.0. The van der Waals surface area contributed by atoms with Gasteiger partial charge >= 0.3 is 0 Å². The zero-order chi connectivity index (χ0) is 12.7. The molecule has 0 saturated carbocycles. The van der Waals surface area contributed by atoms with E-state index in [9.17, 15) is 0 Å². The summed E-state index contributed by atoms with van der Waals surface area (Å²) in [6.45, 7) is 6.27. The Hall–Kier alpha value is -1.48. The Morgan fingerprint density at radius 1 is 1.41 bits per heavy atom. The summed E-state index contributed by atoms with van der Waals surface area (Å²) in [6.07, 6.45) is 3.68. The molecule has 1 atom stereocenters. The van der Waals surface area contributed by atoms with E-state index in [2.05, 4.69) is 6.58 Å². The molecular formula is C14H21NO2. The highest BCUT2D eigenvalue weighted by molar-refractivity contribution is 5.43. The van der Waals surface area contributed by atoms with Crippen LogP contribution in [0, 0.1) is 0 Å². The van der Waals surface area contributed by atoms with E-state index in [1.54, 1.807) is 7.11 Å². The van der Waals surface area contributed by atoms with E-state index >= 15 is 0 Å². The van der Waals surface area contributed by atoms with Crippen molar-refractivity contribution in [3.8, 4) is 11.5 Å². The van der Waals surface area contributed by atoms with Crippen molar-refractivity contribution in [2.75, 3.05) is 13.7 Å². The predicted octanol–water partition coefficient (Wildman–Crippen LogP) is 3.06. The first-order valence-corrected chi connectivity index (χ1v) is 5.90. The number of hydrogen-bond acceptors (Lipinski definition) is 3. The molecule has 17 heavy (non-hydrogen) atoms. The molecule has 0 fully saturated rings. The quantitative estimate of drug-likeness (QED) is 0.739. The van der Waals surface area contributed by atoms with Gasteiger partial charge in [0.05, 0.1) is 13.7 Å². The second kappa shape index (κ2) is 6.97. The maximum absolute atomic E-state index is 6.08. The molecule has 2 N–H and O–H groups in total. The lowest BCUT2D eigenvalue weighted by Gasteiger charge is -2.14. The molecule has 0 amide bonds. The van der Waals surface area contributed by atoms with Gasteiger partial charge in [0.2, 0.25) is 0 Å². The molecule has 1 aromatic rings. The summed E-state index contributed by atoms with van der Waals surface area (Å²) >= 11 is 0. The Labute approximate surface area is 103 Å². The number of nitrogens with two attached hydrogens (primary N) is 1. The largest absolute Gasteiger partial charge is 0.493 e. The van der Waals surface area contributed by atoms with Gasteiger partial charge in [0.15, 0.2) is 11.5 Å². The van der Waals surface area contributed by atoms with Gasteiger partial charge in [-0.1, -0.05) is 12.1 Å². The maximum atomic E-state index is 6.08. The third kappa shape index (κ3) is 3.79. The molecule has 0 aliphatic carbocycles. The Balaban J connectivity index is 2.84. The normalized spacial score (nSPS) is 11.9. The van der Waals surface area contributed by atoms with E-state index < -0.39 is 0 Å². The van der Waals surface area contributed by atoms with Crippen molar-refractivity contribution in [1.82, 2.24) is 0 Å². The summed E-state index contributed by atoms with van der Waals surface area (Å²) in [5, 5.41) is 0. The minimum Gasteiger partial charge on any atom is -0.493 e. The van der Waals surface area contributed by atoms with Crippen LogP contribution in [0.3, 0.4) is 0 Å². The average molecular weight is 235 g/mol. The van der Waals surface area contributed by atoms with Gasteiger partial charge in [0.1, 0.15) is 0 Å². The van der Waals surface area contributed by atoms with E-state index in [1.165, 1.54) is 0 Å². The van der Waals surface area contributed by atoms with E-state index in [0.29, 0.717) is 6.61 Å². The Morgan fingerprint density at radius 3 is 2.76 bits per heavy atom. The van der Waals surface area contributed by atoms with E-state index in [4.69, 9.17) is 15.2 Å². The third-order valence-corrected chi connectivity index (χ3v) is 2.60. The highest BCUT2D eigenvalue weighted by Crippen LogP contribution is 2.30. The van der Waals surface area contributed by atoms with Crippen molar-refractivity contribution in [3.63, 3.8) is 0 Å². The molecule has 1 rings (SSSR count). The Bertz CT molecular complexity index is 363. The fraction of sp³-hybridized carbons (Fsp3) is 0.429. The number of hydrogen-bond donors (Lipinski definition) is 1. The van der Waals surface area contributed by atoms with Crippen molar-refractivity contribution >= 4 is 0 Å². The zero-order valence-corrected chi connectivity index (χ0v) is 10.6. The van der Waals surface area contributed by atoms with Crippen LogP contribution in [-0.2, 0) is 0 Å². The maximum Gasteiger partial charge on any atom is 0.161 e. The molecule has 0 bridgehead atoms. The summed E-state index contributed by atoms with van der Waals surface area (Å²) in [5.74, 6) is 1.49. The van der Waals surface area contributed by atoms with Crippen molar-refractivity contribution in [2.24, 2.45) is 5.73 Å². The summed E-state index contributed by atoms with van der Waals surface area (Å²) in [5.41, 5.74) is 7.15. The van der Waals surface area contributed by atoms with Crippen LogP contribution in [-0.4, -0.2) is 13.7 Å². The van der Waals surface area contributed by atoms with Gasteiger partial charge in [0, 0.05) is 6.04 Å². The average Bonchev–Trinajstić information content (AvgIpc) is 2.36. The molecule has 0 heterocycles. The number of allylic oxidation sites excluding steroid dienone is 1. The predicted molar refractivity (Wildman–Crippen MR) is 70.5 cm³/mol. The van der Waals surface area contributed by atoms with Crippen LogP contribution in [0.1, 0.15) is 31.4 Å². The van der Waals surface area contributed by atoms with Gasteiger partial charge in [-0.15, -0.1) is 6.58 Å². The van der Waals surface area contributed by atoms with Crippen LogP contribution in [0.2, 0.25) is 0 Å². The third-order valence-electron chi connectivity index (χ3n) is 2.60. The number of rotatable bonds is 7. The van der Waals surface area contributed by atoms with Gasteiger partial charge in [-0.2, -0.15) is 0 Å². The van der Waals surface area contributed by atoms with Crippen molar-refractivity contribution in [3.05, 3.63) is 36.4 Å². The molecule has 0 spiro atoms. The molecule has 0 aliphatic heterocycles. The molecule has 0 aromatic heterocycles. The first-order valence-electron chi connectivity index (χ1n) is 5.90. The fourth-order valence-corrected chi connectivity index (χ4v) is 1.65. The van der Waals surface area contributed by atoms with Gasteiger partial charge in [-0.05, 0) is 37.5 Å². The number of methoxy groups -OCH3 is 1. The summed E-state index contributed by atoms with van der Waals surface area (Å²) in [7, 11) is 1.64. The topological polar surface area (TPSA) is 44.5 Å². The highest BCUT2D eigenvalue weighted by atomic mass is 16.5. The van der Waals surface area contributed by atoms with Gasteiger partial charge in [-0.3, -0.25) is 0 Å². The van der Waals surface area contributed by atoms with E-state index in [-0.39, 0.29) is 6.04 Å². The monoisotopic (exact) mass is 235 g/mol. The van der Waals surface area contributed by atoms with Gasteiger partial charge in [-0.25, -0.2) is 0 Å². The van der Waals surface area contributed by atoms with Crippen molar-refractivity contribution < 1.29 is 9.47 Å². The van der Waals surface area contributed by atoms with Crippen LogP contribution in [0.25, 0.3) is 0 Å². The molecule has 94 valence electrons. The smallest absolute Gasteiger partial charge is 0.161 e. The molecule has 0 radical (unpaired) electrons. The van der Waals surface area contributed by atoms with Gasteiger partial charge in [0.25, 0.3) is 0 Å². The minimum absolute atomic E-state index is 0.0116. The van der Waals surface area contributed by atoms with Crippen molar-refractivity contribution in [1.29, 1.82) is 0 Å². The van der Waals surface area contributed by atoms with Crippen molar-refractivity contribution in [2.45, 2.75) is 25.8 Å². The molecule has 3 nitrogen and oxygen atoms in total. The number of benzene rings is 1. The first-order chi connectivity index (χ1) is 8.22. The number of ether oxygens (including phenoxy) is 2. The molecular weight excluding hydrogens is 214 g/mol. The van der Waals surface area contributed by atoms with Gasteiger partial charge < -0.3 is 15.2 Å². The lowest BCUT2D eigenvalue weighted by Crippen LogP contribution is -2.10. The second-order valence-corrected chi connectivity index (χ2v) is 3.82. The Kier molecular flexibility index (Phi) is 5.57. The van der Waals surface area contributed by atoms with Crippen LogP contribution in [0.15, 0.2) is 30.9 Å². The van der Waals surface area contributed by atoms with E-state index in [1.807, 2.05) is 31.2 Å². The summed E-state index contributed by atoms with van der Waals surface area (Å²) in [4.78, 5) is 0. The summed E-state index contributed by atoms with van der Waals surface area (Å²) < 4.78 is 10.8. The zero-order valence-electron chi connectivity index (χ0n) is 10.6. The molecule has 0 saturated heterocycles.